The van der Waals surface area contributed by atoms with Gasteiger partial charge in [0.05, 0.1) is 0 Å². The number of benzene rings is 1. The van der Waals surface area contributed by atoms with Gasteiger partial charge in [-0.2, -0.15) is 0 Å². The molecule has 0 unspecified atom stereocenters. The molecule has 1 aromatic heterocycles. The van der Waals surface area contributed by atoms with Gasteiger partial charge in [-0.05, 0) is 36.5 Å². The molecule has 4 heteroatoms. The van der Waals surface area contributed by atoms with Gasteiger partial charge in [-0.15, -0.1) is 0 Å². The molecule has 0 saturated heterocycles. The van der Waals surface area contributed by atoms with E-state index in [1.807, 2.05) is 12.1 Å². The minimum absolute atomic E-state index is 0.421. The van der Waals surface area contributed by atoms with Crippen LogP contribution in [-0.4, -0.2) is 16.0 Å². The van der Waals surface area contributed by atoms with Crippen LogP contribution in [0.5, 0.6) is 0 Å². The van der Waals surface area contributed by atoms with Crippen molar-refractivity contribution in [1.29, 1.82) is 0 Å². The molecule has 3 rings (SSSR count). The third-order valence-corrected chi connectivity index (χ3v) is 3.88. The highest BCUT2D eigenvalue weighted by Gasteiger charge is 2.30. The van der Waals surface area contributed by atoms with Crippen molar-refractivity contribution >= 4 is 11.5 Å². The fourth-order valence-electron chi connectivity index (χ4n) is 2.44. The molecule has 4 nitrogen and oxygen atoms in total. The summed E-state index contributed by atoms with van der Waals surface area (Å²) in [5.74, 6) is 1.46. The smallest absolute Gasteiger partial charge is 0.132 e. The third kappa shape index (κ3) is 3.32. The summed E-state index contributed by atoms with van der Waals surface area (Å²) in [6.45, 7) is 5.20. The van der Waals surface area contributed by atoms with Gasteiger partial charge in [0.1, 0.15) is 12.1 Å². The first-order valence-corrected chi connectivity index (χ1v) is 7.56. The number of anilines is 2. The number of nitrogens with zero attached hydrogens (tertiary/aromatic N) is 3. The molecule has 0 atom stereocenters. The van der Waals surface area contributed by atoms with E-state index in [0.29, 0.717) is 12.0 Å². The molecule has 0 bridgehead atoms. The standard InChI is InChI=1S/C17H22N4/c1-12(2)16-9-17(20-11-19-16)21(15-7-8-15)10-13-3-5-14(18)6-4-13/h3-6,9,11-12,15H,7-8,10,18H2,1-2H3. The average molecular weight is 282 g/mol. The van der Waals surface area contributed by atoms with Crippen molar-refractivity contribution in [1.82, 2.24) is 9.97 Å². The summed E-state index contributed by atoms with van der Waals surface area (Å²) < 4.78 is 0. The van der Waals surface area contributed by atoms with Crippen molar-refractivity contribution in [2.24, 2.45) is 0 Å². The van der Waals surface area contributed by atoms with Gasteiger partial charge in [0.25, 0.3) is 0 Å². The first-order chi connectivity index (χ1) is 10.1. The summed E-state index contributed by atoms with van der Waals surface area (Å²) in [7, 11) is 0. The van der Waals surface area contributed by atoms with E-state index in [1.54, 1.807) is 6.33 Å². The quantitative estimate of drug-likeness (QED) is 0.854. The van der Waals surface area contributed by atoms with Crippen LogP contribution < -0.4 is 10.6 Å². The van der Waals surface area contributed by atoms with Crippen LogP contribution in [0.2, 0.25) is 0 Å². The van der Waals surface area contributed by atoms with Crippen LogP contribution in [0.3, 0.4) is 0 Å². The average Bonchev–Trinajstić information content (AvgIpc) is 3.31. The summed E-state index contributed by atoms with van der Waals surface area (Å²) in [6.07, 6.45) is 4.18. The molecule has 0 spiro atoms. The second-order valence-electron chi connectivity index (χ2n) is 6.06. The van der Waals surface area contributed by atoms with E-state index in [4.69, 9.17) is 5.73 Å². The molecule has 1 aliphatic rings. The van der Waals surface area contributed by atoms with E-state index in [2.05, 4.69) is 46.9 Å². The van der Waals surface area contributed by atoms with Crippen LogP contribution in [0.25, 0.3) is 0 Å². The minimum Gasteiger partial charge on any atom is -0.399 e. The van der Waals surface area contributed by atoms with Crippen LogP contribution in [0, 0.1) is 0 Å². The number of nitrogen functional groups attached to an aromatic ring is 1. The Bertz CT molecular complexity index is 602. The van der Waals surface area contributed by atoms with Crippen molar-refractivity contribution in [3.63, 3.8) is 0 Å². The van der Waals surface area contributed by atoms with Crippen LogP contribution in [0.4, 0.5) is 11.5 Å². The normalized spacial score (nSPS) is 14.4. The summed E-state index contributed by atoms with van der Waals surface area (Å²) in [5, 5.41) is 0. The highest BCUT2D eigenvalue weighted by atomic mass is 15.2. The van der Waals surface area contributed by atoms with E-state index in [-0.39, 0.29) is 0 Å². The lowest BCUT2D eigenvalue weighted by Crippen LogP contribution is -2.26. The molecule has 1 heterocycles. The number of aromatic nitrogens is 2. The van der Waals surface area contributed by atoms with Gasteiger partial charge >= 0.3 is 0 Å². The van der Waals surface area contributed by atoms with Crippen LogP contribution >= 0.6 is 0 Å². The zero-order valence-electron chi connectivity index (χ0n) is 12.7. The number of nitrogens with two attached hydrogens (primary N) is 1. The molecule has 1 saturated carbocycles. The SMILES string of the molecule is CC(C)c1cc(N(Cc2ccc(N)cc2)C2CC2)ncn1. The first kappa shape index (κ1) is 13.9. The lowest BCUT2D eigenvalue weighted by atomic mass is 10.1. The molecule has 0 aliphatic heterocycles. The lowest BCUT2D eigenvalue weighted by Gasteiger charge is -2.24. The molecule has 1 aromatic carbocycles. The number of hydrogen-bond acceptors (Lipinski definition) is 4. The summed E-state index contributed by atoms with van der Waals surface area (Å²) >= 11 is 0. The monoisotopic (exact) mass is 282 g/mol. The van der Waals surface area contributed by atoms with E-state index < -0.39 is 0 Å². The summed E-state index contributed by atoms with van der Waals surface area (Å²) in [6, 6.07) is 10.8. The van der Waals surface area contributed by atoms with Gasteiger partial charge in [0.2, 0.25) is 0 Å². The van der Waals surface area contributed by atoms with Gasteiger partial charge in [0, 0.05) is 30.0 Å². The van der Waals surface area contributed by atoms with E-state index in [0.717, 1.165) is 23.7 Å². The maximum Gasteiger partial charge on any atom is 0.132 e. The number of hydrogen-bond donors (Lipinski definition) is 1. The fraction of sp³-hybridized carbons (Fsp3) is 0.412. The predicted molar refractivity (Wildman–Crippen MR) is 86.2 cm³/mol. The zero-order valence-corrected chi connectivity index (χ0v) is 12.7. The molecule has 21 heavy (non-hydrogen) atoms. The molecule has 0 radical (unpaired) electrons. The number of rotatable bonds is 5. The minimum atomic E-state index is 0.421. The summed E-state index contributed by atoms with van der Waals surface area (Å²) in [4.78, 5) is 11.2. The molecule has 0 amide bonds. The Balaban J connectivity index is 1.84. The topological polar surface area (TPSA) is 55.0 Å². The molecule has 2 aromatic rings. The molecule has 2 N–H and O–H groups in total. The largest absolute Gasteiger partial charge is 0.399 e. The van der Waals surface area contributed by atoms with E-state index in [9.17, 15) is 0 Å². The maximum absolute atomic E-state index is 5.76. The zero-order chi connectivity index (χ0) is 14.8. The molecule has 1 fully saturated rings. The maximum atomic E-state index is 5.76. The van der Waals surface area contributed by atoms with Crippen molar-refractivity contribution in [3.05, 3.63) is 47.9 Å². The Kier molecular flexibility index (Phi) is 3.78. The van der Waals surface area contributed by atoms with Crippen LogP contribution in [0.15, 0.2) is 36.7 Å². The van der Waals surface area contributed by atoms with Crippen molar-refractivity contribution in [3.8, 4) is 0 Å². The van der Waals surface area contributed by atoms with Gasteiger partial charge in [0.15, 0.2) is 0 Å². The second kappa shape index (κ2) is 5.72. The second-order valence-corrected chi connectivity index (χ2v) is 6.06. The highest BCUT2D eigenvalue weighted by Crippen LogP contribution is 2.32. The van der Waals surface area contributed by atoms with Gasteiger partial charge in [-0.1, -0.05) is 26.0 Å². The van der Waals surface area contributed by atoms with Gasteiger partial charge < -0.3 is 10.6 Å². The fourth-order valence-corrected chi connectivity index (χ4v) is 2.44. The molecule has 110 valence electrons. The first-order valence-electron chi connectivity index (χ1n) is 7.56. The Hall–Kier alpha value is -2.10. The summed E-state index contributed by atoms with van der Waals surface area (Å²) in [5.41, 5.74) is 8.93. The Morgan fingerprint density at radius 3 is 2.52 bits per heavy atom. The third-order valence-electron chi connectivity index (χ3n) is 3.88. The molecular formula is C17H22N4. The molecular weight excluding hydrogens is 260 g/mol. The van der Waals surface area contributed by atoms with Crippen molar-refractivity contribution in [2.45, 2.75) is 45.2 Å². The van der Waals surface area contributed by atoms with E-state index in [1.165, 1.54) is 18.4 Å². The molecule has 1 aliphatic carbocycles. The predicted octanol–water partition coefficient (Wildman–Crippen LogP) is 3.35. The Labute approximate surface area is 126 Å². The van der Waals surface area contributed by atoms with Crippen LogP contribution in [-0.2, 0) is 6.54 Å². The van der Waals surface area contributed by atoms with Crippen molar-refractivity contribution in [2.75, 3.05) is 10.6 Å². The van der Waals surface area contributed by atoms with Crippen molar-refractivity contribution < 1.29 is 0 Å². The van der Waals surface area contributed by atoms with Gasteiger partial charge in [-0.25, -0.2) is 9.97 Å². The van der Waals surface area contributed by atoms with Crippen LogP contribution in [0.1, 0.15) is 43.9 Å². The highest BCUT2D eigenvalue weighted by molar-refractivity contribution is 5.45. The van der Waals surface area contributed by atoms with Gasteiger partial charge in [-0.3, -0.25) is 0 Å². The Morgan fingerprint density at radius 2 is 1.90 bits per heavy atom. The van der Waals surface area contributed by atoms with E-state index >= 15 is 0 Å². The Morgan fingerprint density at radius 1 is 1.19 bits per heavy atom. The lowest BCUT2D eigenvalue weighted by molar-refractivity contribution is 0.758.